The van der Waals surface area contributed by atoms with E-state index in [1.165, 1.54) is 10.6 Å². The van der Waals surface area contributed by atoms with E-state index in [-0.39, 0.29) is 6.09 Å². The fraction of sp³-hybridized carbons (Fsp3) is 0.500. The Morgan fingerprint density at radius 1 is 1.28 bits per heavy atom. The third kappa shape index (κ3) is 5.68. The number of amides is 1. The quantitative estimate of drug-likeness (QED) is 0.835. The molecule has 0 heterocycles. The maximum Gasteiger partial charge on any atom is 0.424 e. The van der Waals surface area contributed by atoms with E-state index in [0.717, 1.165) is 6.42 Å². The van der Waals surface area contributed by atoms with Gasteiger partial charge in [-0.2, -0.15) is 0 Å². The summed E-state index contributed by atoms with van der Waals surface area (Å²) in [5.74, 6) is 0. The van der Waals surface area contributed by atoms with Crippen molar-refractivity contribution in [3.05, 3.63) is 35.9 Å². The van der Waals surface area contributed by atoms with Crippen LogP contribution < -0.4 is 5.43 Å². The third-order valence-corrected chi connectivity index (χ3v) is 2.27. The van der Waals surface area contributed by atoms with E-state index in [0.29, 0.717) is 6.54 Å². The lowest BCUT2D eigenvalue weighted by Gasteiger charge is -2.25. The van der Waals surface area contributed by atoms with E-state index in [2.05, 4.69) is 17.6 Å². The molecule has 0 aliphatic carbocycles. The molecule has 0 aromatic heterocycles. The minimum atomic E-state index is -0.466. The van der Waals surface area contributed by atoms with E-state index < -0.39 is 5.60 Å². The Bertz CT molecular complexity index is 371. The van der Waals surface area contributed by atoms with E-state index in [1.54, 1.807) is 7.05 Å². The van der Waals surface area contributed by atoms with Gasteiger partial charge in [0.1, 0.15) is 5.60 Å². The van der Waals surface area contributed by atoms with Gasteiger partial charge in [0.05, 0.1) is 0 Å². The smallest absolute Gasteiger partial charge is 0.424 e. The molecule has 1 rings (SSSR count). The maximum atomic E-state index is 11.6. The molecule has 18 heavy (non-hydrogen) atoms. The number of hydrazine groups is 1. The molecule has 0 atom stereocenters. The molecule has 0 fully saturated rings. The lowest BCUT2D eigenvalue weighted by molar-refractivity contribution is 0.0204. The van der Waals surface area contributed by atoms with Crippen molar-refractivity contribution in [1.29, 1.82) is 0 Å². The molecule has 0 spiro atoms. The largest absolute Gasteiger partial charge is 0.443 e. The number of rotatable bonds is 4. The second-order valence-electron chi connectivity index (χ2n) is 5.18. The number of benzene rings is 1. The lowest BCUT2D eigenvalue weighted by atomic mass is 10.2. The van der Waals surface area contributed by atoms with Crippen molar-refractivity contribution in [2.45, 2.75) is 32.8 Å². The topological polar surface area (TPSA) is 41.6 Å². The fourth-order valence-electron chi connectivity index (χ4n) is 1.41. The SMILES string of the molecule is CN(NCCc1ccccc1)C(=O)OC(C)(C)C. The Labute approximate surface area is 109 Å². The summed E-state index contributed by atoms with van der Waals surface area (Å²) in [5.41, 5.74) is 3.78. The Hall–Kier alpha value is -1.55. The number of carbonyl (C=O) groups excluding carboxylic acids is 1. The molecular formula is C14H22N2O2. The second-order valence-corrected chi connectivity index (χ2v) is 5.18. The van der Waals surface area contributed by atoms with Gasteiger partial charge in [-0.1, -0.05) is 30.3 Å². The molecule has 100 valence electrons. The Morgan fingerprint density at radius 3 is 2.44 bits per heavy atom. The number of nitrogens with zero attached hydrogens (tertiary/aromatic N) is 1. The normalized spacial score (nSPS) is 11.1. The molecule has 0 aliphatic heterocycles. The van der Waals surface area contributed by atoms with Crippen LogP contribution in [0.1, 0.15) is 26.3 Å². The first kappa shape index (κ1) is 14.5. The number of ether oxygens (including phenoxy) is 1. The van der Waals surface area contributed by atoms with Gasteiger partial charge in [-0.3, -0.25) is 0 Å². The Balaban J connectivity index is 2.29. The average molecular weight is 250 g/mol. The van der Waals surface area contributed by atoms with Crippen LogP contribution in [0.3, 0.4) is 0 Å². The van der Waals surface area contributed by atoms with E-state index >= 15 is 0 Å². The number of nitrogens with one attached hydrogen (secondary N) is 1. The van der Waals surface area contributed by atoms with Crippen molar-refractivity contribution in [2.24, 2.45) is 0 Å². The van der Waals surface area contributed by atoms with Gasteiger partial charge in [-0.05, 0) is 32.8 Å². The van der Waals surface area contributed by atoms with Crippen molar-refractivity contribution < 1.29 is 9.53 Å². The molecular weight excluding hydrogens is 228 g/mol. The van der Waals surface area contributed by atoms with Gasteiger partial charge in [-0.25, -0.2) is 15.2 Å². The van der Waals surface area contributed by atoms with Crippen LogP contribution in [0.4, 0.5) is 4.79 Å². The lowest BCUT2D eigenvalue weighted by Crippen LogP contribution is -2.43. The maximum absolute atomic E-state index is 11.6. The summed E-state index contributed by atoms with van der Waals surface area (Å²) in [6.45, 7) is 6.24. The van der Waals surface area contributed by atoms with Crippen LogP contribution in [0.25, 0.3) is 0 Å². The van der Waals surface area contributed by atoms with Crippen molar-refractivity contribution in [3.63, 3.8) is 0 Å². The predicted molar refractivity (Wildman–Crippen MR) is 72.1 cm³/mol. The van der Waals surface area contributed by atoms with E-state index in [4.69, 9.17) is 4.74 Å². The molecule has 4 heteroatoms. The third-order valence-electron chi connectivity index (χ3n) is 2.27. The number of hydrogen-bond acceptors (Lipinski definition) is 3. The van der Waals surface area contributed by atoms with Crippen LogP contribution in [-0.2, 0) is 11.2 Å². The van der Waals surface area contributed by atoms with E-state index in [1.807, 2.05) is 39.0 Å². The highest BCUT2D eigenvalue weighted by atomic mass is 16.6. The van der Waals surface area contributed by atoms with Crippen molar-refractivity contribution in [3.8, 4) is 0 Å². The predicted octanol–water partition coefficient (Wildman–Crippen LogP) is 2.60. The van der Waals surface area contributed by atoms with Gasteiger partial charge >= 0.3 is 6.09 Å². The molecule has 0 unspecified atom stereocenters. The molecule has 0 radical (unpaired) electrons. The van der Waals surface area contributed by atoms with Crippen LogP contribution in [0.2, 0.25) is 0 Å². The molecule has 0 aliphatic rings. The molecule has 1 N–H and O–H groups in total. The van der Waals surface area contributed by atoms with E-state index in [9.17, 15) is 4.79 Å². The summed E-state index contributed by atoms with van der Waals surface area (Å²) in [4.78, 5) is 11.6. The van der Waals surface area contributed by atoms with Crippen LogP contribution in [0.5, 0.6) is 0 Å². The molecule has 1 aromatic carbocycles. The zero-order valence-corrected chi connectivity index (χ0v) is 11.6. The highest BCUT2D eigenvalue weighted by Crippen LogP contribution is 2.08. The summed E-state index contributed by atoms with van der Waals surface area (Å²) >= 11 is 0. The second kappa shape index (κ2) is 6.40. The fourth-order valence-corrected chi connectivity index (χ4v) is 1.41. The first-order valence-corrected chi connectivity index (χ1v) is 6.12. The van der Waals surface area contributed by atoms with Gasteiger partial charge in [0.25, 0.3) is 0 Å². The number of carbonyl (C=O) groups is 1. The summed E-state index contributed by atoms with van der Waals surface area (Å²) in [7, 11) is 1.67. The van der Waals surface area contributed by atoms with Crippen molar-refractivity contribution >= 4 is 6.09 Å². The van der Waals surface area contributed by atoms with Gasteiger partial charge in [0.15, 0.2) is 0 Å². The summed E-state index contributed by atoms with van der Waals surface area (Å²) in [6.07, 6.45) is 0.504. The van der Waals surface area contributed by atoms with Gasteiger partial charge in [0, 0.05) is 13.6 Å². The number of hydrogen-bond donors (Lipinski definition) is 1. The zero-order chi connectivity index (χ0) is 13.6. The van der Waals surface area contributed by atoms with Crippen molar-refractivity contribution in [1.82, 2.24) is 10.4 Å². The highest BCUT2D eigenvalue weighted by Gasteiger charge is 2.19. The Morgan fingerprint density at radius 2 is 1.89 bits per heavy atom. The summed E-state index contributed by atoms with van der Waals surface area (Å²) < 4.78 is 5.23. The molecule has 0 saturated carbocycles. The zero-order valence-electron chi connectivity index (χ0n) is 11.6. The first-order valence-electron chi connectivity index (χ1n) is 6.12. The summed E-state index contributed by atoms with van der Waals surface area (Å²) in [6, 6.07) is 10.1. The minimum absolute atomic E-state index is 0.365. The average Bonchev–Trinajstić information content (AvgIpc) is 2.28. The van der Waals surface area contributed by atoms with Crippen LogP contribution in [0.15, 0.2) is 30.3 Å². The first-order chi connectivity index (χ1) is 8.38. The Kier molecular flexibility index (Phi) is 5.16. The highest BCUT2D eigenvalue weighted by molar-refractivity contribution is 5.67. The molecule has 0 saturated heterocycles. The van der Waals surface area contributed by atoms with Gasteiger partial charge < -0.3 is 4.74 Å². The standard InChI is InChI=1S/C14H22N2O2/c1-14(2,3)18-13(17)16(4)15-11-10-12-8-6-5-7-9-12/h5-9,15H,10-11H2,1-4H3. The van der Waals surface area contributed by atoms with Gasteiger partial charge in [-0.15, -0.1) is 0 Å². The molecule has 0 bridgehead atoms. The van der Waals surface area contributed by atoms with Crippen LogP contribution in [0, 0.1) is 0 Å². The monoisotopic (exact) mass is 250 g/mol. The summed E-state index contributed by atoms with van der Waals surface area (Å²) in [5, 5.41) is 1.38. The molecule has 4 nitrogen and oxygen atoms in total. The van der Waals surface area contributed by atoms with Crippen molar-refractivity contribution in [2.75, 3.05) is 13.6 Å². The minimum Gasteiger partial charge on any atom is -0.443 e. The van der Waals surface area contributed by atoms with Gasteiger partial charge in [0.2, 0.25) is 0 Å². The molecule has 1 amide bonds. The molecule has 1 aromatic rings. The van der Waals surface area contributed by atoms with Crippen LogP contribution in [-0.4, -0.2) is 30.3 Å². The van der Waals surface area contributed by atoms with Crippen LogP contribution >= 0.6 is 0 Å².